The van der Waals surface area contributed by atoms with E-state index < -0.39 is 0 Å². The van der Waals surface area contributed by atoms with Crippen molar-refractivity contribution in [1.29, 1.82) is 0 Å². The molecule has 118 valence electrons. The largest absolute Gasteiger partial charge is 0.379 e. The first-order valence-electron chi connectivity index (χ1n) is 7.66. The molecular weight excluding hydrogens is 268 g/mol. The van der Waals surface area contributed by atoms with Crippen molar-refractivity contribution in [3.8, 4) is 0 Å². The van der Waals surface area contributed by atoms with Gasteiger partial charge in [-0.15, -0.1) is 0 Å². The van der Waals surface area contributed by atoms with Crippen LogP contribution < -0.4 is 5.32 Å². The number of rotatable bonds is 5. The Kier molecular flexibility index (Phi) is 5.36. The molecule has 0 radical (unpaired) electrons. The number of amides is 1. The minimum absolute atomic E-state index is 0.0150. The van der Waals surface area contributed by atoms with Crippen LogP contribution in [0.4, 0.5) is 0 Å². The molecule has 0 saturated carbocycles. The fourth-order valence-electron chi connectivity index (χ4n) is 2.97. The van der Waals surface area contributed by atoms with Crippen LogP contribution >= 0.6 is 0 Å². The summed E-state index contributed by atoms with van der Waals surface area (Å²) in [6.45, 7) is 12.5. The first-order valence-corrected chi connectivity index (χ1v) is 7.66. The fourth-order valence-corrected chi connectivity index (χ4v) is 2.97. The molecule has 1 amide bonds. The molecule has 0 bridgehead atoms. The van der Waals surface area contributed by atoms with E-state index in [1.165, 1.54) is 0 Å². The molecule has 6 nitrogen and oxygen atoms in total. The van der Waals surface area contributed by atoms with Crippen molar-refractivity contribution in [2.24, 2.45) is 0 Å². The second-order valence-electron chi connectivity index (χ2n) is 5.58. The molecule has 1 aliphatic rings. The summed E-state index contributed by atoms with van der Waals surface area (Å²) in [5, 5.41) is 7.60. The first kappa shape index (κ1) is 16.0. The lowest BCUT2D eigenvalue weighted by Crippen LogP contribution is -2.43. The summed E-state index contributed by atoms with van der Waals surface area (Å²) in [5.41, 5.74) is 3.26. The predicted molar refractivity (Wildman–Crippen MR) is 81.2 cm³/mol. The molecule has 21 heavy (non-hydrogen) atoms. The predicted octanol–water partition coefficient (Wildman–Crippen LogP) is 1.03. The van der Waals surface area contributed by atoms with Crippen molar-refractivity contribution in [2.45, 2.75) is 40.3 Å². The van der Waals surface area contributed by atoms with Gasteiger partial charge in [-0.2, -0.15) is 5.10 Å². The molecular formula is C15H26N4O2. The summed E-state index contributed by atoms with van der Waals surface area (Å²) in [5.74, 6) is 0.0625. The molecule has 1 aliphatic heterocycles. The summed E-state index contributed by atoms with van der Waals surface area (Å²) in [4.78, 5) is 14.3. The SMILES string of the molecule is CCn1nc(C)c([C@@H](C)NC(=O)CN2CCOCC2)c1C. The minimum atomic E-state index is -0.0150. The van der Waals surface area contributed by atoms with Crippen LogP contribution in [0.15, 0.2) is 0 Å². The number of nitrogens with zero attached hydrogens (tertiary/aromatic N) is 3. The molecule has 2 rings (SSSR count). The zero-order chi connectivity index (χ0) is 15.4. The monoisotopic (exact) mass is 294 g/mol. The van der Waals surface area contributed by atoms with Crippen molar-refractivity contribution < 1.29 is 9.53 Å². The van der Waals surface area contributed by atoms with E-state index >= 15 is 0 Å². The number of ether oxygens (including phenoxy) is 1. The molecule has 0 aromatic carbocycles. The van der Waals surface area contributed by atoms with E-state index in [0.29, 0.717) is 19.8 Å². The van der Waals surface area contributed by atoms with Crippen LogP contribution in [0.1, 0.15) is 36.8 Å². The third-order valence-corrected chi connectivity index (χ3v) is 4.02. The van der Waals surface area contributed by atoms with Gasteiger partial charge in [-0.25, -0.2) is 0 Å². The highest BCUT2D eigenvalue weighted by Crippen LogP contribution is 2.21. The van der Waals surface area contributed by atoms with Crippen LogP contribution in [-0.2, 0) is 16.1 Å². The van der Waals surface area contributed by atoms with Crippen molar-refractivity contribution >= 4 is 5.91 Å². The number of morpholine rings is 1. The Balaban J connectivity index is 1.95. The molecule has 0 spiro atoms. The fraction of sp³-hybridized carbons (Fsp3) is 0.733. The molecule has 1 atom stereocenters. The Morgan fingerprint density at radius 3 is 2.62 bits per heavy atom. The highest BCUT2D eigenvalue weighted by Gasteiger charge is 2.20. The third kappa shape index (κ3) is 3.83. The van der Waals surface area contributed by atoms with Gasteiger partial charge in [0.05, 0.1) is 31.5 Å². The molecule has 1 N–H and O–H groups in total. The van der Waals surface area contributed by atoms with Crippen LogP contribution in [0.5, 0.6) is 0 Å². The van der Waals surface area contributed by atoms with Crippen LogP contribution in [0.25, 0.3) is 0 Å². The lowest BCUT2D eigenvalue weighted by molar-refractivity contribution is -0.123. The Morgan fingerprint density at radius 2 is 2.05 bits per heavy atom. The standard InChI is InChI=1S/C15H26N4O2/c1-5-19-13(4)15(12(3)17-19)11(2)16-14(20)10-18-6-8-21-9-7-18/h11H,5-10H2,1-4H3,(H,16,20)/t11-/m1/s1. The zero-order valence-electron chi connectivity index (χ0n) is 13.5. The average molecular weight is 294 g/mol. The summed E-state index contributed by atoms with van der Waals surface area (Å²) >= 11 is 0. The Labute approximate surface area is 126 Å². The summed E-state index contributed by atoms with van der Waals surface area (Å²) < 4.78 is 7.28. The molecule has 0 aliphatic carbocycles. The summed E-state index contributed by atoms with van der Waals surface area (Å²) in [7, 11) is 0. The van der Waals surface area contributed by atoms with Crippen molar-refractivity contribution in [2.75, 3.05) is 32.8 Å². The second-order valence-corrected chi connectivity index (χ2v) is 5.58. The van der Waals surface area contributed by atoms with Crippen LogP contribution in [0.2, 0.25) is 0 Å². The van der Waals surface area contributed by atoms with E-state index in [0.717, 1.165) is 36.6 Å². The number of carbonyl (C=O) groups excluding carboxylic acids is 1. The maximum Gasteiger partial charge on any atom is 0.234 e. The second kappa shape index (κ2) is 7.04. The number of nitrogens with one attached hydrogen (secondary N) is 1. The highest BCUT2D eigenvalue weighted by atomic mass is 16.5. The van der Waals surface area contributed by atoms with Gasteiger partial charge in [0.25, 0.3) is 0 Å². The zero-order valence-corrected chi connectivity index (χ0v) is 13.5. The maximum absolute atomic E-state index is 12.2. The van der Waals surface area contributed by atoms with Gasteiger partial charge in [0.15, 0.2) is 0 Å². The van der Waals surface area contributed by atoms with E-state index in [2.05, 4.69) is 29.2 Å². The molecule has 1 aromatic heterocycles. The van der Waals surface area contributed by atoms with Gasteiger partial charge in [-0.3, -0.25) is 14.4 Å². The minimum Gasteiger partial charge on any atom is -0.379 e. The van der Waals surface area contributed by atoms with Gasteiger partial charge in [0.1, 0.15) is 0 Å². The van der Waals surface area contributed by atoms with E-state index in [1.54, 1.807) is 0 Å². The topological polar surface area (TPSA) is 59.4 Å². The molecule has 2 heterocycles. The van der Waals surface area contributed by atoms with Crippen molar-refractivity contribution in [3.05, 3.63) is 17.0 Å². The van der Waals surface area contributed by atoms with E-state index in [4.69, 9.17) is 4.74 Å². The molecule has 1 fully saturated rings. The molecule has 1 saturated heterocycles. The molecule has 1 aromatic rings. The number of aromatic nitrogens is 2. The van der Waals surface area contributed by atoms with Gasteiger partial charge in [-0.05, 0) is 27.7 Å². The van der Waals surface area contributed by atoms with Gasteiger partial charge < -0.3 is 10.1 Å². The Bertz CT molecular complexity index is 492. The quantitative estimate of drug-likeness (QED) is 0.881. The van der Waals surface area contributed by atoms with Crippen LogP contribution in [-0.4, -0.2) is 53.4 Å². The number of carbonyl (C=O) groups is 1. The Morgan fingerprint density at radius 1 is 1.38 bits per heavy atom. The highest BCUT2D eigenvalue weighted by molar-refractivity contribution is 5.78. The number of hydrogen-bond acceptors (Lipinski definition) is 4. The van der Waals surface area contributed by atoms with Crippen molar-refractivity contribution in [3.63, 3.8) is 0 Å². The molecule has 0 unspecified atom stereocenters. The van der Waals surface area contributed by atoms with Gasteiger partial charge in [-0.1, -0.05) is 0 Å². The Hall–Kier alpha value is -1.40. The first-order chi connectivity index (χ1) is 10.0. The maximum atomic E-state index is 12.2. The number of hydrogen-bond donors (Lipinski definition) is 1. The van der Waals surface area contributed by atoms with Crippen molar-refractivity contribution in [1.82, 2.24) is 20.0 Å². The smallest absolute Gasteiger partial charge is 0.234 e. The summed E-state index contributed by atoms with van der Waals surface area (Å²) in [6, 6.07) is -0.0150. The van der Waals surface area contributed by atoms with Gasteiger partial charge >= 0.3 is 0 Å². The van der Waals surface area contributed by atoms with E-state index in [1.807, 2.05) is 18.5 Å². The molecule has 6 heteroatoms. The third-order valence-electron chi connectivity index (χ3n) is 4.02. The van der Waals surface area contributed by atoms with E-state index in [9.17, 15) is 4.79 Å². The lowest BCUT2D eigenvalue weighted by atomic mass is 10.1. The number of aryl methyl sites for hydroxylation is 2. The summed E-state index contributed by atoms with van der Waals surface area (Å²) in [6.07, 6.45) is 0. The normalized spacial score (nSPS) is 17.7. The van der Waals surface area contributed by atoms with Crippen LogP contribution in [0.3, 0.4) is 0 Å². The van der Waals surface area contributed by atoms with Gasteiger partial charge in [0.2, 0.25) is 5.91 Å². The lowest BCUT2D eigenvalue weighted by Gasteiger charge is -2.26. The van der Waals surface area contributed by atoms with Crippen LogP contribution in [0, 0.1) is 13.8 Å². The van der Waals surface area contributed by atoms with Gasteiger partial charge in [0, 0.05) is 30.9 Å². The van der Waals surface area contributed by atoms with E-state index in [-0.39, 0.29) is 11.9 Å². The average Bonchev–Trinajstić information content (AvgIpc) is 2.74.